The largest absolute Gasteiger partial charge is 0.320 e. The summed E-state index contributed by atoms with van der Waals surface area (Å²) < 4.78 is 29.0. The van der Waals surface area contributed by atoms with Crippen LogP contribution < -0.4 is 5.73 Å². The van der Waals surface area contributed by atoms with Gasteiger partial charge < -0.3 is 5.73 Å². The van der Waals surface area contributed by atoms with Gasteiger partial charge in [0, 0.05) is 5.56 Å². The molecule has 0 bridgehead atoms. The van der Waals surface area contributed by atoms with Gasteiger partial charge in [-0.05, 0) is 49.8 Å². The molecule has 1 rings (SSSR count). The molecule has 0 aliphatic heterocycles. The van der Waals surface area contributed by atoms with Crippen LogP contribution in [0.3, 0.4) is 0 Å². The van der Waals surface area contributed by atoms with Gasteiger partial charge in [-0.3, -0.25) is 0 Å². The third-order valence-corrected chi connectivity index (χ3v) is 3.52. The monoisotopic (exact) mass is 269 g/mol. The van der Waals surface area contributed by atoms with Crippen molar-refractivity contribution in [3.8, 4) is 0 Å². The van der Waals surface area contributed by atoms with Crippen LogP contribution in [0.4, 0.5) is 8.78 Å². The van der Waals surface area contributed by atoms with Gasteiger partial charge in [0.25, 0.3) is 5.92 Å². The predicted molar refractivity (Wildman–Crippen MR) is 76.8 cm³/mol. The van der Waals surface area contributed by atoms with Crippen molar-refractivity contribution in [2.24, 2.45) is 5.73 Å². The minimum atomic E-state index is -3.04. The number of benzene rings is 1. The predicted octanol–water partition coefficient (Wildman–Crippen LogP) is 4.43. The van der Waals surface area contributed by atoms with Gasteiger partial charge in [0.2, 0.25) is 0 Å². The number of nitrogens with two attached hydrogens (primary N) is 1. The van der Waals surface area contributed by atoms with Gasteiger partial charge in [-0.15, -0.1) is 0 Å². The lowest BCUT2D eigenvalue weighted by molar-refractivity contribution is -0.0683. The van der Waals surface area contributed by atoms with E-state index in [1.54, 1.807) is 13.8 Å². The zero-order chi connectivity index (χ0) is 15.2. The normalized spacial score (nSPS) is 13.8. The summed E-state index contributed by atoms with van der Waals surface area (Å²) in [5.41, 5.74) is 6.36. The Balaban J connectivity index is 3.50. The molecule has 0 unspecified atom stereocenters. The molecular weight excluding hydrogens is 244 g/mol. The quantitative estimate of drug-likeness (QED) is 0.844. The number of hydrogen-bond donors (Lipinski definition) is 1. The molecule has 0 atom stereocenters. The highest BCUT2D eigenvalue weighted by Gasteiger charge is 2.47. The highest BCUT2D eigenvalue weighted by Crippen LogP contribution is 2.41. The molecule has 1 aromatic rings. The number of aryl methyl sites for hydroxylation is 2. The molecule has 0 saturated carbocycles. The molecule has 2 N–H and O–H groups in total. The molecule has 1 aromatic carbocycles. The summed E-state index contributed by atoms with van der Waals surface area (Å²) in [4.78, 5) is 0. The Bertz CT molecular complexity index is 453. The summed E-state index contributed by atoms with van der Waals surface area (Å²) in [6.45, 7) is 12.4. The Hall–Kier alpha value is -0.960. The van der Waals surface area contributed by atoms with Crippen LogP contribution in [0.5, 0.6) is 0 Å². The minimum Gasteiger partial charge on any atom is -0.320 e. The lowest BCUT2D eigenvalue weighted by Gasteiger charge is -2.33. The summed E-state index contributed by atoms with van der Waals surface area (Å²) in [7, 11) is 0. The van der Waals surface area contributed by atoms with Crippen molar-refractivity contribution in [3.05, 3.63) is 34.4 Å². The van der Waals surface area contributed by atoms with Gasteiger partial charge in [0.05, 0.1) is 5.54 Å². The average Bonchev–Trinajstić information content (AvgIpc) is 2.12. The Morgan fingerprint density at radius 2 is 1.26 bits per heavy atom. The van der Waals surface area contributed by atoms with E-state index in [0.717, 1.165) is 5.56 Å². The van der Waals surface area contributed by atoms with Crippen LogP contribution in [0.15, 0.2) is 12.1 Å². The molecule has 108 valence electrons. The van der Waals surface area contributed by atoms with Crippen LogP contribution in [0.2, 0.25) is 0 Å². The van der Waals surface area contributed by atoms with Crippen molar-refractivity contribution in [1.29, 1.82) is 0 Å². The minimum absolute atomic E-state index is 0.0540. The second-order valence-corrected chi connectivity index (χ2v) is 7.03. The summed E-state index contributed by atoms with van der Waals surface area (Å²) in [5, 5.41) is 0. The maximum Gasteiger partial charge on any atom is 0.290 e. The summed E-state index contributed by atoms with van der Waals surface area (Å²) in [6.07, 6.45) is 0. The second-order valence-electron chi connectivity index (χ2n) is 7.03. The molecule has 0 aliphatic carbocycles. The second kappa shape index (κ2) is 4.55. The molecule has 0 aromatic heterocycles. The van der Waals surface area contributed by atoms with E-state index in [-0.39, 0.29) is 11.0 Å². The molecule has 0 aliphatic rings. The van der Waals surface area contributed by atoms with Crippen LogP contribution in [0.25, 0.3) is 0 Å². The molecule has 0 amide bonds. The van der Waals surface area contributed by atoms with Gasteiger partial charge in [-0.1, -0.05) is 32.9 Å². The number of hydrogen-bond acceptors (Lipinski definition) is 1. The molecule has 0 fully saturated rings. The van der Waals surface area contributed by atoms with E-state index in [4.69, 9.17) is 5.73 Å². The van der Waals surface area contributed by atoms with Crippen LogP contribution >= 0.6 is 0 Å². The molecule has 19 heavy (non-hydrogen) atoms. The smallest absolute Gasteiger partial charge is 0.290 e. The van der Waals surface area contributed by atoms with E-state index in [1.807, 2.05) is 12.1 Å². The summed E-state index contributed by atoms with van der Waals surface area (Å²) in [6, 6.07) is 3.70. The van der Waals surface area contributed by atoms with Gasteiger partial charge in [-0.25, -0.2) is 0 Å². The van der Waals surface area contributed by atoms with Gasteiger partial charge in [-0.2, -0.15) is 8.78 Å². The number of alkyl halides is 2. The Morgan fingerprint density at radius 3 is 1.53 bits per heavy atom. The van der Waals surface area contributed by atoms with Gasteiger partial charge >= 0.3 is 0 Å². The third-order valence-electron chi connectivity index (χ3n) is 3.52. The molecular formula is C16H25F2N. The molecule has 1 nitrogen and oxygen atoms in total. The molecule has 0 spiro atoms. The Morgan fingerprint density at radius 1 is 0.895 bits per heavy atom. The Labute approximate surface area is 115 Å². The van der Waals surface area contributed by atoms with E-state index < -0.39 is 11.5 Å². The first-order chi connectivity index (χ1) is 8.28. The van der Waals surface area contributed by atoms with Crippen LogP contribution in [-0.2, 0) is 11.3 Å². The average molecular weight is 269 g/mol. The zero-order valence-electron chi connectivity index (χ0n) is 13.0. The van der Waals surface area contributed by atoms with Crippen molar-refractivity contribution in [2.45, 2.75) is 65.3 Å². The van der Waals surface area contributed by atoms with E-state index >= 15 is 0 Å². The fourth-order valence-corrected chi connectivity index (χ4v) is 2.21. The van der Waals surface area contributed by atoms with E-state index in [9.17, 15) is 8.78 Å². The van der Waals surface area contributed by atoms with E-state index in [2.05, 4.69) is 20.8 Å². The lowest BCUT2D eigenvalue weighted by atomic mass is 9.80. The maximum absolute atomic E-state index is 14.5. The van der Waals surface area contributed by atoms with Crippen molar-refractivity contribution < 1.29 is 8.78 Å². The summed E-state index contributed by atoms with van der Waals surface area (Å²) >= 11 is 0. The van der Waals surface area contributed by atoms with Crippen molar-refractivity contribution >= 4 is 0 Å². The van der Waals surface area contributed by atoms with Crippen LogP contribution in [-0.4, -0.2) is 5.54 Å². The van der Waals surface area contributed by atoms with Crippen LogP contribution in [0.1, 0.15) is 56.9 Å². The fourth-order valence-electron chi connectivity index (χ4n) is 2.21. The van der Waals surface area contributed by atoms with Crippen LogP contribution in [0, 0.1) is 13.8 Å². The maximum atomic E-state index is 14.5. The third kappa shape index (κ3) is 2.97. The molecule has 0 radical (unpaired) electrons. The van der Waals surface area contributed by atoms with Gasteiger partial charge in [0.15, 0.2) is 0 Å². The number of rotatable bonds is 2. The Kier molecular flexibility index (Phi) is 3.85. The highest BCUT2D eigenvalue weighted by atomic mass is 19.3. The molecule has 0 saturated heterocycles. The highest BCUT2D eigenvalue weighted by molar-refractivity contribution is 5.44. The molecule has 3 heteroatoms. The lowest BCUT2D eigenvalue weighted by Crippen LogP contribution is -2.49. The number of halogens is 2. The SMILES string of the molecule is Cc1cc(C(C)(C)C)cc(C)c1C(F)(F)C(C)(C)N. The van der Waals surface area contributed by atoms with E-state index in [1.165, 1.54) is 13.8 Å². The van der Waals surface area contributed by atoms with Gasteiger partial charge in [0.1, 0.15) is 0 Å². The van der Waals surface area contributed by atoms with E-state index in [0.29, 0.717) is 11.1 Å². The van der Waals surface area contributed by atoms with Crippen molar-refractivity contribution in [2.75, 3.05) is 0 Å². The van der Waals surface area contributed by atoms with Crippen molar-refractivity contribution in [1.82, 2.24) is 0 Å². The standard InChI is InChI=1S/C16H25F2N/c1-10-8-12(14(3,4)5)9-11(2)13(10)16(17,18)15(6,7)19/h8-9H,19H2,1-7H3. The molecule has 0 heterocycles. The first-order valence-corrected chi connectivity index (χ1v) is 6.57. The van der Waals surface area contributed by atoms with Crippen molar-refractivity contribution in [3.63, 3.8) is 0 Å². The zero-order valence-corrected chi connectivity index (χ0v) is 13.0. The first-order valence-electron chi connectivity index (χ1n) is 6.57. The fraction of sp³-hybridized carbons (Fsp3) is 0.625. The first kappa shape index (κ1) is 16.1. The summed E-state index contributed by atoms with van der Waals surface area (Å²) in [5.74, 6) is -3.04. The topological polar surface area (TPSA) is 26.0 Å².